The quantitative estimate of drug-likeness (QED) is 0.841. The number of urea groups is 1. The Morgan fingerprint density at radius 3 is 2.79 bits per heavy atom. The average molecular weight is 348 g/mol. The number of ether oxygens (including phenoxy) is 2. The van der Waals surface area contributed by atoms with E-state index >= 15 is 0 Å². The van der Waals surface area contributed by atoms with Crippen LogP contribution in [0.15, 0.2) is 6.07 Å². The Kier molecular flexibility index (Phi) is 4.20. The second-order valence-corrected chi connectivity index (χ2v) is 6.06. The number of amides is 2. The van der Waals surface area contributed by atoms with Gasteiger partial charge in [0.15, 0.2) is 5.82 Å². The molecule has 7 nitrogen and oxygen atoms in total. The van der Waals surface area contributed by atoms with Crippen LogP contribution in [0.25, 0.3) is 0 Å². The summed E-state index contributed by atoms with van der Waals surface area (Å²) in [5, 5.41) is 6.12. The smallest absolute Gasteiger partial charge is 0.375 e. The van der Waals surface area contributed by atoms with Gasteiger partial charge in [-0.25, -0.2) is 4.79 Å². The third-order valence-electron chi connectivity index (χ3n) is 4.54. The van der Waals surface area contributed by atoms with Crippen molar-refractivity contribution in [3.8, 4) is 0 Å². The molecular formula is C14H19F3N4O3. The van der Waals surface area contributed by atoms with Crippen LogP contribution in [0.3, 0.4) is 0 Å². The Morgan fingerprint density at radius 1 is 1.46 bits per heavy atom. The van der Waals surface area contributed by atoms with E-state index in [0.717, 1.165) is 6.07 Å². The monoisotopic (exact) mass is 348 g/mol. The Morgan fingerprint density at radius 2 is 2.21 bits per heavy atom. The minimum Gasteiger partial charge on any atom is -0.375 e. The zero-order chi connectivity index (χ0) is 17.5. The van der Waals surface area contributed by atoms with E-state index in [0.29, 0.717) is 37.4 Å². The summed E-state index contributed by atoms with van der Waals surface area (Å²) in [5.41, 5.74) is -1.47. The zero-order valence-corrected chi connectivity index (χ0v) is 13.4. The molecule has 10 heteroatoms. The predicted molar refractivity (Wildman–Crippen MR) is 77.5 cm³/mol. The summed E-state index contributed by atoms with van der Waals surface area (Å²) >= 11 is 0. The number of hydrogen-bond acceptors (Lipinski definition) is 4. The molecule has 1 N–H and O–H groups in total. The molecule has 0 aromatic carbocycles. The Balaban J connectivity index is 1.69. The highest BCUT2D eigenvalue weighted by molar-refractivity contribution is 5.88. The molecular weight excluding hydrogens is 329 g/mol. The van der Waals surface area contributed by atoms with Gasteiger partial charge in [-0.1, -0.05) is 0 Å². The molecule has 1 spiro atoms. The first kappa shape index (κ1) is 17.0. The molecule has 0 radical (unpaired) electrons. The van der Waals surface area contributed by atoms with Gasteiger partial charge in [-0.2, -0.15) is 18.3 Å². The number of alkyl halides is 3. The van der Waals surface area contributed by atoms with E-state index in [-0.39, 0.29) is 11.9 Å². The molecule has 24 heavy (non-hydrogen) atoms. The highest BCUT2D eigenvalue weighted by Gasteiger charge is 2.47. The number of aryl methyl sites for hydroxylation is 1. The van der Waals surface area contributed by atoms with Gasteiger partial charge in [0.05, 0.1) is 19.3 Å². The molecule has 3 rings (SSSR count). The summed E-state index contributed by atoms with van der Waals surface area (Å²) in [6, 6.07) is 0.318. The van der Waals surface area contributed by atoms with Gasteiger partial charge in [0.1, 0.15) is 11.3 Å². The molecule has 1 aromatic heterocycles. The van der Waals surface area contributed by atoms with Gasteiger partial charge in [-0.05, 0) is 6.92 Å². The number of nitrogens with zero attached hydrogens (tertiary/aromatic N) is 3. The molecule has 2 saturated heterocycles. The topological polar surface area (TPSA) is 68.6 Å². The molecule has 0 aliphatic carbocycles. The van der Waals surface area contributed by atoms with Crippen molar-refractivity contribution < 1.29 is 27.4 Å². The van der Waals surface area contributed by atoms with Gasteiger partial charge in [0, 0.05) is 32.7 Å². The summed E-state index contributed by atoms with van der Waals surface area (Å²) in [6.45, 7) is 3.50. The second-order valence-electron chi connectivity index (χ2n) is 6.06. The maximum atomic E-state index is 12.8. The van der Waals surface area contributed by atoms with E-state index in [1.807, 2.05) is 6.92 Å². The van der Waals surface area contributed by atoms with Crippen molar-refractivity contribution in [2.75, 3.05) is 31.6 Å². The lowest BCUT2D eigenvalue weighted by molar-refractivity contribution is -0.143. The fourth-order valence-electron chi connectivity index (χ4n) is 3.12. The number of anilines is 1. The lowest BCUT2D eigenvalue weighted by Gasteiger charge is -2.41. The number of morpholine rings is 1. The number of aromatic nitrogens is 2. The molecule has 2 unspecified atom stereocenters. The maximum Gasteiger partial charge on any atom is 0.433 e. The standard InChI is InChI=1S/C14H19F3N4O3/c1-9-13(3-5-23-9)8-21(4-6-24-13)12(22)18-11-7-10(14(15,16)17)20(2)19-11/h7,9H,3-6,8H2,1-2H3,(H,18,19,22). The lowest BCUT2D eigenvalue weighted by Crippen LogP contribution is -2.57. The van der Waals surface area contributed by atoms with E-state index in [9.17, 15) is 18.0 Å². The van der Waals surface area contributed by atoms with Gasteiger partial charge in [-0.15, -0.1) is 0 Å². The molecule has 1 aromatic rings. The summed E-state index contributed by atoms with van der Waals surface area (Å²) in [5.74, 6) is -0.133. The molecule has 2 aliphatic heterocycles. The van der Waals surface area contributed by atoms with Crippen LogP contribution >= 0.6 is 0 Å². The zero-order valence-electron chi connectivity index (χ0n) is 13.4. The third kappa shape index (κ3) is 3.07. The highest BCUT2D eigenvalue weighted by atomic mass is 19.4. The Labute approximate surface area is 136 Å². The summed E-state index contributed by atoms with van der Waals surface area (Å²) in [6.07, 6.45) is -3.98. The van der Waals surface area contributed by atoms with Crippen LogP contribution in [0, 0.1) is 0 Å². The molecule has 0 saturated carbocycles. The predicted octanol–water partition coefficient (Wildman–Crippen LogP) is 1.85. The number of halogens is 3. The molecule has 2 amide bonds. The molecule has 134 valence electrons. The van der Waals surface area contributed by atoms with Crippen LogP contribution in [-0.4, -0.2) is 58.7 Å². The molecule has 2 atom stereocenters. The van der Waals surface area contributed by atoms with E-state index in [4.69, 9.17) is 9.47 Å². The fraction of sp³-hybridized carbons (Fsp3) is 0.714. The van der Waals surface area contributed by atoms with Crippen molar-refractivity contribution >= 4 is 11.8 Å². The third-order valence-corrected chi connectivity index (χ3v) is 4.54. The summed E-state index contributed by atoms with van der Waals surface area (Å²) in [7, 11) is 1.18. The van der Waals surface area contributed by atoms with Gasteiger partial charge in [0.2, 0.25) is 0 Å². The second kappa shape index (κ2) is 5.92. The van der Waals surface area contributed by atoms with Crippen molar-refractivity contribution in [2.45, 2.75) is 31.2 Å². The molecule has 3 heterocycles. The van der Waals surface area contributed by atoms with Crippen LogP contribution in [0.1, 0.15) is 19.0 Å². The van der Waals surface area contributed by atoms with Crippen LogP contribution in [0.2, 0.25) is 0 Å². The number of rotatable bonds is 1. The fourth-order valence-corrected chi connectivity index (χ4v) is 3.12. The highest BCUT2D eigenvalue weighted by Crippen LogP contribution is 2.33. The largest absolute Gasteiger partial charge is 0.433 e. The van der Waals surface area contributed by atoms with Crippen LogP contribution in [0.5, 0.6) is 0 Å². The average Bonchev–Trinajstić information content (AvgIpc) is 3.03. The lowest BCUT2D eigenvalue weighted by atomic mass is 9.94. The van der Waals surface area contributed by atoms with Crippen molar-refractivity contribution in [2.24, 2.45) is 7.05 Å². The van der Waals surface area contributed by atoms with Gasteiger partial charge >= 0.3 is 12.2 Å². The number of carbonyl (C=O) groups excluding carboxylic acids is 1. The summed E-state index contributed by atoms with van der Waals surface area (Å²) in [4.78, 5) is 13.9. The first-order valence-corrected chi connectivity index (χ1v) is 7.64. The molecule has 0 bridgehead atoms. The molecule has 2 aliphatic rings. The van der Waals surface area contributed by atoms with Crippen molar-refractivity contribution in [3.63, 3.8) is 0 Å². The van der Waals surface area contributed by atoms with Crippen LogP contribution in [-0.2, 0) is 22.7 Å². The van der Waals surface area contributed by atoms with Gasteiger partial charge in [0.25, 0.3) is 0 Å². The van der Waals surface area contributed by atoms with Crippen LogP contribution < -0.4 is 5.32 Å². The van der Waals surface area contributed by atoms with E-state index in [1.165, 1.54) is 11.9 Å². The minimum atomic E-state index is -4.52. The Bertz CT molecular complexity index is 633. The molecule has 2 fully saturated rings. The maximum absolute atomic E-state index is 12.8. The first-order chi connectivity index (χ1) is 11.2. The van der Waals surface area contributed by atoms with Crippen LogP contribution in [0.4, 0.5) is 23.8 Å². The number of carbonyl (C=O) groups is 1. The van der Waals surface area contributed by atoms with E-state index < -0.39 is 23.5 Å². The SMILES string of the molecule is CC1OCCC12CN(C(=O)Nc1cc(C(F)(F)F)n(C)n1)CCO2. The number of nitrogens with one attached hydrogen (secondary N) is 1. The van der Waals surface area contributed by atoms with Crippen molar-refractivity contribution in [3.05, 3.63) is 11.8 Å². The normalized spacial score (nSPS) is 27.7. The minimum absolute atomic E-state index is 0.133. The van der Waals surface area contributed by atoms with Gasteiger partial charge < -0.3 is 14.4 Å². The number of hydrogen-bond donors (Lipinski definition) is 1. The van der Waals surface area contributed by atoms with Gasteiger partial charge in [-0.3, -0.25) is 10.00 Å². The van der Waals surface area contributed by atoms with E-state index in [2.05, 4.69) is 10.4 Å². The summed E-state index contributed by atoms with van der Waals surface area (Å²) < 4.78 is 50.4. The Hall–Kier alpha value is -1.81. The van der Waals surface area contributed by atoms with E-state index in [1.54, 1.807) is 0 Å². The van der Waals surface area contributed by atoms with Crippen molar-refractivity contribution in [1.29, 1.82) is 0 Å². The first-order valence-electron chi connectivity index (χ1n) is 7.64. The van der Waals surface area contributed by atoms with Crippen molar-refractivity contribution in [1.82, 2.24) is 14.7 Å².